The number of nitrogens with one attached hydrogen (secondary N) is 1. The number of amides is 1. The molecule has 0 aromatic heterocycles. The minimum Gasteiger partial charge on any atom is -0.480 e. The van der Waals surface area contributed by atoms with Crippen LogP contribution in [0, 0.1) is 0 Å². The molecule has 1 saturated heterocycles. The second kappa shape index (κ2) is 6.89. The number of aliphatic carboxylic acids is 1. The Balaban J connectivity index is 2.02. The zero-order chi connectivity index (χ0) is 16.2. The van der Waals surface area contributed by atoms with Crippen molar-refractivity contribution >= 4 is 21.9 Å². The van der Waals surface area contributed by atoms with E-state index in [0.717, 1.165) is 0 Å². The minimum absolute atomic E-state index is 0.212. The first kappa shape index (κ1) is 16.4. The number of carboxylic acid groups (broad SMARTS) is 1. The second-order valence-electron chi connectivity index (χ2n) is 5.21. The van der Waals surface area contributed by atoms with Gasteiger partial charge in [0.05, 0.1) is 5.75 Å². The van der Waals surface area contributed by atoms with E-state index in [9.17, 15) is 18.0 Å². The number of nitrogens with zero attached hydrogens (tertiary/aromatic N) is 1. The summed E-state index contributed by atoms with van der Waals surface area (Å²) in [7, 11) is -3.66. The molecule has 1 heterocycles. The highest BCUT2D eigenvalue weighted by Crippen LogP contribution is 2.14. The van der Waals surface area contributed by atoms with Crippen LogP contribution in [0.15, 0.2) is 30.3 Å². The van der Waals surface area contributed by atoms with E-state index in [0.29, 0.717) is 24.9 Å². The lowest BCUT2D eigenvalue weighted by Crippen LogP contribution is -2.53. The molecule has 2 N–H and O–H groups in total. The summed E-state index contributed by atoms with van der Waals surface area (Å²) in [4.78, 5) is 24.0. The van der Waals surface area contributed by atoms with Crippen molar-refractivity contribution in [3.63, 3.8) is 0 Å². The van der Waals surface area contributed by atoms with Gasteiger partial charge in [-0.2, -0.15) is 0 Å². The molecule has 0 bridgehead atoms. The lowest BCUT2D eigenvalue weighted by molar-refractivity contribution is -0.146. The van der Waals surface area contributed by atoms with Crippen LogP contribution in [-0.4, -0.2) is 49.4 Å². The van der Waals surface area contributed by atoms with Crippen LogP contribution in [-0.2, 0) is 25.4 Å². The Hall–Kier alpha value is -1.93. The van der Waals surface area contributed by atoms with Gasteiger partial charge in [-0.25, -0.2) is 13.1 Å². The first-order chi connectivity index (χ1) is 10.4. The number of hydrogen-bond donors (Lipinski definition) is 2. The van der Waals surface area contributed by atoms with E-state index in [1.54, 1.807) is 30.3 Å². The van der Waals surface area contributed by atoms with E-state index in [1.807, 2.05) is 0 Å². The van der Waals surface area contributed by atoms with Crippen LogP contribution in [0.1, 0.15) is 18.4 Å². The molecule has 0 radical (unpaired) electrons. The van der Waals surface area contributed by atoms with Crippen molar-refractivity contribution in [1.29, 1.82) is 0 Å². The molecule has 1 atom stereocenters. The minimum atomic E-state index is -3.66. The average molecular weight is 326 g/mol. The highest BCUT2D eigenvalue weighted by molar-refractivity contribution is 7.88. The van der Waals surface area contributed by atoms with E-state index in [2.05, 4.69) is 4.72 Å². The van der Waals surface area contributed by atoms with E-state index in [4.69, 9.17) is 5.11 Å². The fourth-order valence-electron chi connectivity index (χ4n) is 2.42. The second-order valence-corrected chi connectivity index (χ2v) is 6.96. The maximum absolute atomic E-state index is 12.1. The zero-order valence-corrected chi connectivity index (χ0v) is 12.8. The van der Waals surface area contributed by atoms with Crippen molar-refractivity contribution in [2.75, 3.05) is 13.1 Å². The lowest BCUT2D eigenvalue weighted by Gasteiger charge is -2.31. The van der Waals surface area contributed by atoms with Crippen molar-refractivity contribution in [2.24, 2.45) is 0 Å². The van der Waals surface area contributed by atoms with Crippen LogP contribution in [0.4, 0.5) is 0 Å². The van der Waals surface area contributed by atoms with Gasteiger partial charge >= 0.3 is 5.97 Å². The van der Waals surface area contributed by atoms with Gasteiger partial charge in [-0.1, -0.05) is 30.3 Å². The fraction of sp³-hybridized carbons (Fsp3) is 0.429. The van der Waals surface area contributed by atoms with Crippen molar-refractivity contribution in [2.45, 2.75) is 24.6 Å². The predicted molar refractivity (Wildman–Crippen MR) is 79.4 cm³/mol. The highest BCUT2D eigenvalue weighted by atomic mass is 32.2. The van der Waals surface area contributed by atoms with Crippen molar-refractivity contribution < 1.29 is 23.1 Å². The number of carbonyl (C=O) groups excluding carboxylic acids is 1. The molecule has 8 heteroatoms. The summed E-state index contributed by atoms with van der Waals surface area (Å²) in [5.41, 5.74) is 0.626. The first-order valence-electron chi connectivity index (χ1n) is 6.92. The molecule has 0 saturated carbocycles. The molecule has 1 aliphatic rings. The van der Waals surface area contributed by atoms with Crippen LogP contribution in [0.3, 0.4) is 0 Å². The molecule has 7 nitrogen and oxygen atoms in total. The number of rotatable bonds is 6. The molecule has 1 aromatic carbocycles. The maximum Gasteiger partial charge on any atom is 0.323 e. The van der Waals surface area contributed by atoms with E-state index < -0.39 is 34.5 Å². The Morgan fingerprint density at radius 3 is 2.64 bits per heavy atom. The number of carbonyl (C=O) groups is 2. The molecule has 1 aromatic rings. The monoisotopic (exact) mass is 326 g/mol. The standard InChI is InChI=1S/C14H18N2O5S/c17-13(18)9-16-8-4-7-12(14(16)19)15-22(20,21)10-11-5-2-1-3-6-11/h1-3,5-6,12,15H,4,7-10H2,(H,17,18). The van der Waals surface area contributed by atoms with Gasteiger partial charge in [0.2, 0.25) is 15.9 Å². The third kappa shape index (κ3) is 4.54. The molecular formula is C14H18N2O5S. The number of likely N-dealkylation sites (tertiary alicyclic amines) is 1. The number of hydrogen-bond acceptors (Lipinski definition) is 4. The summed E-state index contributed by atoms with van der Waals surface area (Å²) in [6, 6.07) is 7.77. The Labute approximate surface area is 129 Å². The molecule has 1 aliphatic heterocycles. The van der Waals surface area contributed by atoms with E-state index in [-0.39, 0.29) is 5.75 Å². The van der Waals surface area contributed by atoms with E-state index >= 15 is 0 Å². The Kier molecular flexibility index (Phi) is 5.15. The molecule has 1 unspecified atom stereocenters. The molecule has 1 amide bonds. The summed E-state index contributed by atoms with van der Waals surface area (Å²) in [5, 5.41) is 8.76. The SMILES string of the molecule is O=C(O)CN1CCCC(NS(=O)(=O)Cc2ccccc2)C1=O. The molecule has 0 aliphatic carbocycles. The van der Waals surface area contributed by atoms with Gasteiger partial charge < -0.3 is 10.0 Å². The number of benzene rings is 1. The smallest absolute Gasteiger partial charge is 0.323 e. The van der Waals surface area contributed by atoms with Crippen LogP contribution >= 0.6 is 0 Å². The fourth-order valence-corrected chi connectivity index (χ4v) is 3.79. The summed E-state index contributed by atoms with van der Waals surface area (Å²) < 4.78 is 26.7. The van der Waals surface area contributed by atoms with Gasteiger partial charge in [0.25, 0.3) is 0 Å². The van der Waals surface area contributed by atoms with Crippen LogP contribution in [0.5, 0.6) is 0 Å². The Morgan fingerprint density at radius 1 is 1.32 bits per heavy atom. The van der Waals surface area contributed by atoms with Crippen molar-refractivity contribution in [3.8, 4) is 0 Å². The highest BCUT2D eigenvalue weighted by Gasteiger charge is 2.32. The quantitative estimate of drug-likeness (QED) is 0.776. The predicted octanol–water partition coefficient (Wildman–Crippen LogP) is 0.182. The lowest BCUT2D eigenvalue weighted by atomic mass is 10.1. The topological polar surface area (TPSA) is 104 Å². The maximum atomic E-state index is 12.1. The summed E-state index contributed by atoms with van der Waals surface area (Å²) in [5.74, 6) is -1.80. The molecule has 0 spiro atoms. The number of carboxylic acids is 1. The average Bonchev–Trinajstić information content (AvgIpc) is 2.43. The Bertz CT molecular complexity index is 644. The number of sulfonamides is 1. The molecule has 2 rings (SSSR count). The van der Waals surface area contributed by atoms with Crippen LogP contribution in [0.2, 0.25) is 0 Å². The van der Waals surface area contributed by atoms with Crippen LogP contribution in [0.25, 0.3) is 0 Å². The zero-order valence-electron chi connectivity index (χ0n) is 11.9. The third-order valence-electron chi connectivity index (χ3n) is 3.38. The Morgan fingerprint density at radius 2 is 2.00 bits per heavy atom. The third-order valence-corrected chi connectivity index (χ3v) is 4.74. The van der Waals surface area contributed by atoms with Gasteiger partial charge in [0, 0.05) is 6.54 Å². The van der Waals surface area contributed by atoms with Gasteiger partial charge in [-0.15, -0.1) is 0 Å². The normalized spacial score (nSPS) is 19.2. The van der Waals surface area contributed by atoms with Gasteiger partial charge in [-0.05, 0) is 18.4 Å². The summed E-state index contributed by atoms with van der Waals surface area (Å²) >= 11 is 0. The van der Waals surface area contributed by atoms with Gasteiger partial charge in [-0.3, -0.25) is 9.59 Å². The van der Waals surface area contributed by atoms with Gasteiger partial charge in [0.15, 0.2) is 0 Å². The molecular weight excluding hydrogens is 308 g/mol. The van der Waals surface area contributed by atoms with Crippen LogP contribution < -0.4 is 4.72 Å². The van der Waals surface area contributed by atoms with Crippen molar-refractivity contribution in [1.82, 2.24) is 9.62 Å². The molecule has 120 valence electrons. The molecule has 22 heavy (non-hydrogen) atoms. The van der Waals surface area contributed by atoms with Crippen molar-refractivity contribution in [3.05, 3.63) is 35.9 Å². The summed E-state index contributed by atoms with van der Waals surface area (Å²) in [6.45, 7) is -0.0716. The first-order valence-corrected chi connectivity index (χ1v) is 8.57. The van der Waals surface area contributed by atoms with E-state index in [1.165, 1.54) is 4.90 Å². The summed E-state index contributed by atoms with van der Waals surface area (Å²) in [6.07, 6.45) is 0.945. The molecule has 1 fully saturated rings. The largest absolute Gasteiger partial charge is 0.480 e. The number of piperidine rings is 1. The van der Waals surface area contributed by atoms with Gasteiger partial charge in [0.1, 0.15) is 12.6 Å².